The van der Waals surface area contributed by atoms with Crippen LogP contribution in [0.5, 0.6) is 0 Å². The van der Waals surface area contributed by atoms with Crippen molar-refractivity contribution in [1.29, 1.82) is 0 Å². The Labute approximate surface area is 103 Å². The van der Waals surface area contributed by atoms with Crippen molar-refractivity contribution < 1.29 is 4.79 Å². The van der Waals surface area contributed by atoms with E-state index in [2.05, 4.69) is 13.8 Å². The number of hydrogen-bond donors (Lipinski definition) is 1. The zero-order valence-electron chi connectivity index (χ0n) is 10.8. The molecule has 3 nitrogen and oxygen atoms in total. The Kier molecular flexibility index (Phi) is 2.86. The monoisotopic (exact) mass is 232 g/mol. The van der Waals surface area contributed by atoms with Crippen LogP contribution in [0.15, 0.2) is 18.2 Å². The van der Waals surface area contributed by atoms with E-state index in [0.29, 0.717) is 5.69 Å². The molecule has 0 aromatic heterocycles. The van der Waals surface area contributed by atoms with Gasteiger partial charge >= 0.3 is 0 Å². The van der Waals surface area contributed by atoms with Gasteiger partial charge in [0.2, 0.25) is 0 Å². The number of hydrogen-bond acceptors (Lipinski definition) is 2. The second kappa shape index (κ2) is 4.06. The lowest BCUT2D eigenvalue weighted by molar-refractivity contribution is 0.0777. The van der Waals surface area contributed by atoms with Gasteiger partial charge in [0, 0.05) is 24.3 Å². The van der Waals surface area contributed by atoms with Crippen LogP contribution >= 0.6 is 0 Å². The molecule has 17 heavy (non-hydrogen) atoms. The van der Waals surface area contributed by atoms with E-state index in [4.69, 9.17) is 5.73 Å². The molecule has 0 spiro atoms. The molecule has 1 aliphatic heterocycles. The number of likely N-dealkylation sites (tertiary alicyclic amines) is 1. The van der Waals surface area contributed by atoms with E-state index in [-0.39, 0.29) is 11.3 Å². The molecule has 0 saturated carbocycles. The summed E-state index contributed by atoms with van der Waals surface area (Å²) in [6.45, 7) is 8.03. The normalized spacial score (nSPS) is 18.4. The van der Waals surface area contributed by atoms with Crippen LogP contribution in [0.1, 0.15) is 36.2 Å². The van der Waals surface area contributed by atoms with Gasteiger partial charge in [-0.1, -0.05) is 19.9 Å². The standard InChI is InChI=1S/C14H20N2O/c1-10-4-5-11(15)8-12(10)13(17)16-7-6-14(2,3)9-16/h4-5,8H,6-7,9,15H2,1-3H3. The third kappa shape index (κ3) is 2.43. The van der Waals surface area contributed by atoms with E-state index in [9.17, 15) is 4.79 Å². The maximum absolute atomic E-state index is 12.4. The van der Waals surface area contributed by atoms with Crippen molar-refractivity contribution in [3.8, 4) is 0 Å². The Balaban J connectivity index is 2.23. The number of carbonyl (C=O) groups is 1. The number of amides is 1. The number of nitrogens with two attached hydrogens (primary N) is 1. The first-order valence-electron chi connectivity index (χ1n) is 6.04. The van der Waals surface area contributed by atoms with E-state index in [1.165, 1.54) is 0 Å². The third-order valence-corrected chi connectivity index (χ3v) is 3.46. The maximum atomic E-state index is 12.4. The van der Waals surface area contributed by atoms with Crippen molar-refractivity contribution >= 4 is 11.6 Å². The topological polar surface area (TPSA) is 46.3 Å². The lowest BCUT2D eigenvalue weighted by atomic mass is 9.93. The van der Waals surface area contributed by atoms with Crippen LogP contribution in [0.2, 0.25) is 0 Å². The maximum Gasteiger partial charge on any atom is 0.254 e. The number of aryl methyl sites for hydroxylation is 1. The van der Waals surface area contributed by atoms with Gasteiger partial charge in [-0.15, -0.1) is 0 Å². The molecule has 1 aromatic rings. The van der Waals surface area contributed by atoms with Crippen LogP contribution in [0.4, 0.5) is 5.69 Å². The molecule has 1 amide bonds. The largest absolute Gasteiger partial charge is 0.399 e. The summed E-state index contributed by atoms with van der Waals surface area (Å²) in [6.07, 6.45) is 1.07. The molecule has 1 heterocycles. The van der Waals surface area contributed by atoms with Crippen LogP contribution < -0.4 is 5.73 Å². The summed E-state index contributed by atoms with van der Waals surface area (Å²) in [7, 11) is 0. The minimum Gasteiger partial charge on any atom is -0.399 e. The molecule has 2 N–H and O–H groups in total. The first-order valence-corrected chi connectivity index (χ1v) is 6.04. The number of carbonyl (C=O) groups excluding carboxylic acids is 1. The highest BCUT2D eigenvalue weighted by Crippen LogP contribution is 2.30. The fourth-order valence-corrected chi connectivity index (χ4v) is 2.33. The minimum absolute atomic E-state index is 0.111. The SMILES string of the molecule is Cc1ccc(N)cc1C(=O)N1CCC(C)(C)C1. The summed E-state index contributed by atoms with van der Waals surface area (Å²) >= 11 is 0. The Bertz CT molecular complexity index is 452. The highest BCUT2D eigenvalue weighted by molar-refractivity contribution is 5.96. The van der Waals surface area contributed by atoms with Gasteiger partial charge in [0.25, 0.3) is 5.91 Å². The Morgan fingerprint density at radius 2 is 2.12 bits per heavy atom. The summed E-state index contributed by atoms with van der Waals surface area (Å²) in [6, 6.07) is 5.52. The number of nitrogens with zero attached hydrogens (tertiary/aromatic N) is 1. The van der Waals surface area contributed by atoms with Gasteiger partial charge in [0.15, 0.2) is 0 Å². The van der Waals surface area contributed by atoms with E-state index in [1.807, 2.05) is 24.0 Å². The van der Waals surface area contributed by atoms with Crippen LogP contribution in [-0.4, -0.2) is 23.9 Å². The molecule has 92 valence electrons. The molecule has 0 unspecified atom stereocenters. The van der Waals surface area contributed by atoms with Crippen molar-refractivity contribution in [2.45, 2.75) is 27.2 Å². The first kappa shape index (κ1) is 12.0. The smallest absolute Gasteiger partial charge is 0.254 e. The molecule has 0 bridgehead atoms. The molecule has 2 rings (SSSR count). The lowest BCUT2D eigenvalue weighted by Crippen LogP contribution is -2.30. The second-order valence-corrected chi connectivity index (χ2v) is 5.72. The summed E-state index contributed by atoms with van der Waals surface area (Å²) in [5.74, 6) is 0.111. The average molecular weight is 232 g/mol. The summed E-state index contributed by atoms with van der Waals surface area (Å²) < 4.78 is 0. The Morgan fingerprint density at radius 1 is 1.41 bits per heavy atom. The number of benzene rings is 1. The van der Waals surface area contributed by atoms with E-state index >= 15 is 0 Å². The molecular formula is C14H20N2O. The van der Waals surface area contributed by atoms with Gasteiger partial charge in [-0.05, 0) is 36.5 Å². The van der Waals surface area contributed by atoms with Crippen molar-refractivity contribution in [2.75, 3.05) is 18.8 Å². The highest BCUT2D eigenvalue weighted by atomic mass is 16.2. The summed E-state index contributed by atoms with van der Waals surface area (Å²) in [4.78, 5) is 14.3. The van der Waals surface area contributed by atoms with Gasteiger partial charge in [0.05, 0.1) is 0 Å². The Hall–Kier alpha value is -1.51. The zero-order chi connectivity index (χ0) is 12.6. The van der Waals surface area contributed by atoms with E-state index < -0.39 is 0 Å². The minimum atomic E-state index is 0.111. The van der Waals surface area contributed by atoms with Gasteiger partial charge in [-0.25, -0.2) is 0 Å². The van der Waals surface area contributed by atoms with Crippen LogP contribution in [0, 0.1) is 12.3 Å². The van der Waals surface area contributed by atoms with Crippen molar-refractivity contribution in [3.63, 3.8) is 0 Å². The molecule has 1 saturated heterocycles. The highest BCUT2D eigenvalue weighted by Gasteiger charge is 2.32. The zero-order valence-corrected chi connectivity index (χ0v) is 10.8. The van der Waals surface area contributed by atoms with Gasteiger partial charge in [0.1, 0.15) is 0 Å². The third-order valence-electron chi connectivity index (χ3n) is 3.46. The number of rotatable bonds is 1. The molecular weight excluding hydrogens is 212 g/mol. The van der Waals surface area contributed by atoms with E-state index in [0.717, 1.165) is 30.6 Å². The quantitative estimate of drug-likeness (QED) is 0.756. The van der Waals surface area contributed by atoms with Gasteiger partial charge in [-0.3, -0.25) is 4.79 Å². The molecule has 0 radical (unpaired) electrons. The fraction of sp³-hybridized carbons (Fsp3) is 0.500. The van der Waals surface area contributed by atoms with Gasteiger partial charge < -0.3 is 10.6 Å². The molecule has 1 aliphatic rings. The molecule has 1 aromatic carbocycles. The molecule has 1 fully saturated rings. The second-order valence-electron chi connectivity index (χ2n) is 5.72. The van der Waals surface area contributed by atoms with Crippen molar-refractivity contribution in [2.24, 2.45) is 5.41 Å². The first-order chi connectivity index (χ1) is 7.89. The van der Waals surface area contributed by atoms with Crippen LogP contribution in [0.25, 0.3) is 0 Å². The van der Waals surface area contributed by atoms with Gasteiger partial charge in [-0.2, -0.15) is 0 Å². The predicted octanol–water partition coefficient (Wildman–Crippen LogP) is 2.45. The molecule has 0 aliphatic carbocycles. The number of nitrogen functional groups attached to an aromatic ring is 1. The van der Waals surface area contributed by atoms with E-state index in [1.54, 1.807) is 6.07 Å². The fourth-order valence-electron chi connectivity index (χ4n) is 2.33. The molecule has 0 atom stereocenters. The predicted molar refractivity (Wildman–Crippen MR) is 69.9 cm³/mol. The van der Waals surface area contributed by atoms with Crippen molar-refractivity contribution in [1.82, 2.24) is 4.90 Å². The summed E-state index contributed by atoms with van der Waals surface area (Å²) in [5, 5.41) is 0. The molecule has 3 heteroatoms. The summed E-state index contributed by atoms with van der Waals surface area (Å²) in [5.41, 5.74) is 8.37. The van der Waals surface area contributed by atoms with Crippen molar-refractivity contribution in [3.05, 3.63) is 29.3 Å². The van der Waals surface area contributed by atoms with Crippen LogP contribution in [-0.2, 0) is 0 Å². The van der Waals surface area contributed by atoms with Crippen LogP contribution in [0.3, 0.4) is 0 Å². The Morgan fingerprint density at radius 3 is 2.71 bits per heavy atom. The number of anilines is 1. The average Bonchev–Trinajstić information content (AvgIpc) is 2.61. The lowest BCUT2D eigenvalue weighted by Gasteiger charge is -2.20.